The SMILES string of the molecule is CCc1cc(-c2nnc(SCC(=O)Nc3sccc3C(=O)OC)n2CC)cs1. The summed E-state index contributed by atoms with van der Waals surface area (Å²) >= 11 is 4.31. The van der Waals surface area contributed by atoms with Crippen molar-refractivity contribution in [3.63, 3.8) is 0 Å². The fraction of sp³-hybridized carbons (Fsp3) is 0.333. The van der Waals surface area contributed by atoms with Crippen LogP contribution in [0.1, 0.15) is 29.1 Å². The van der Waals surface area contributed by atoms with E-state index >= 15 is 0 Å². The zero-order valence-corrected chi connectivity index (χ0v) is 18.2. The molecule has 0 aliphatic carbocycles. The predicted molar refractivity (Wildman–Crippen MR) is 113 cm³/mol. The van der Waals surface area contributed by atoms with Crippen LogP contribution in [0.5, 0.6) is 0 Å². The molecule has 3 aromatic heterocycles. The summed E-state index contributed by atoms with van der Waals surface area (Å²) in [4.78, 5) is 25.3. The van der Waals surface area contributed by atoms with Gasteiger partial charge >= 0.3 is 5.97 Å². The molecule has 0 unspecified atom stereocenters. The normalized spacial score (nSPS) is 10.8. The third-order valence-electron chi connectivity index (χ3n) is 3.95. The molecule has 0 fully saturated rings. The second-order valence-electron chi connectivity index (χ2n) is 5.70. The first-order chi connectivity index (χ1) is 13.6. The quantitative estimate of drug-likeness (QED) is 0.421. The highest BCUT2D eigenvalue weighted by atomic mass is 32.2. The van der Waals surface area contributed by atoms with Gasteiger partial charge in [0.05, 0.1) is 18.4 Å². The number of rotatable bonds is 8. The first-order valence-electron chi connectivity index (χ1n) is 8.66. The maximum atomic E-state index is 12.3. The number of aromatic nitrogens is 3. The highest BCUT2D eigenvalue weighted by Crippen LogP contribution is 2.28. The summed E-state index contributed by atoms with van der Waals surface area (Å²) in [6, 6.07) is 3.76. The molecule has 0 saturated carbocycles. The number of carbonyl (C=O) groups is 2. The topological polar surface area (TPSA) is 86.1 Å². The minimum Gasteiger partial charge on any atom is -0.465 e. The van der Waals surface area contributed by atoms with Crippen molar-refractivity contribution in [1.29, 1.82) is 0 Å². The van der Waals surface area contributed by atoms with Crippen LogP contribution in [-0.4, -0.2) is 39.5 Å². The summed E-state index contributed by atoms with van der Waals surface area (Å²) in [5.74, 6) is 0.295. The lowest BCUT2D eigenvalue weighted by molar-refractivity contribution is -0.113. The lowest BCUT2D eigenvalue weighted by atomic mass is 10.2. The molecule has 3 rings (SSSR count). The molecular weight excluding hydrogens is 416 g/mol. The minimum absolute atomic E-state index is 0.167. The van der Waals surface area contributed by atoms with Gasteiger partial charge in [0.25, 0.3) is 0 Å². The summed E-state index contributed by atoms with van der Waals surface area (Å²) in [5.41, 5.74) is 1.41. The van der Waals surface area contributed by atoms with Gasteiger partial charge in [-0.3, -0.25) is 4.79 Å². The monoisotopic (exact) mass is 436 g/mol. The Bertz CT molecular complexity index is 977. The first-order valence-corrected chi connectivity index (χ1v) is 11.4. The van der Waals surface area contributed by atoms with Gasteiger partial charge in [0.15, 0.2) is 11.0 Å². The maximum Gasteiger partial charge on any atom is 0.340 e. The van der Waals surface area contributed by atoms with Gasteiger partial charge in [0.1, 0.15) is 5.00 Å². The van der Waals surface area contributed by atoms with E-state index in [1.807, 2.05) is 11.5 Å². The molecule has 148 valence electrons. The number of hydrogen-bond acceptors (Lipinski definition) is 8. The van der Waals surface area contributed by atoms with Crippen molar-refractivity contribution in [2.75, 3.05) is 18.2 Å². The summed E-state index contributed by atoms with van der Waals surface area (Å²) in [6.07, 6.45) is 0.989. The van der Waals surface area contributed by atoms with Crippen molar-refractivity contribution in [3.8, 4) is 11.4 Å². The Balaban J connectivity index is 1.67. The van der Waals surface area contributed by atoms with Crippen molar-refractivity contribution in [2.45, 2.75) is 32.0 Å². The summed E-state index contributed by atoms with van der Waals surface area (Å²) in [6.45, 7) is 4.86. The Labute approximate surface area is 175 Å². The standard InChI is InChI=1S/C18H20N4O3S3/c1-4-12-8-11(9-27-12)15-20-21-18(22(15)5-2)28-10-14(23)19-16-13(6-7-26-16)17(24)25-3/h6-9H,4-5,10H2,1-3H3,(H,19,23). The van der Waals surface area contributed by atoms with E-state index in [0.717, 1.165) is 17.8 Å². The van der Waals surface area contributed by atoms with Gasteiger partial charge in [-0.15, -0.1) is 32.9 Å². The van der Waals surface area contributed by atoms with Crippen LogP contribution < -0.4 is 5.32 Å². The van der Waals surface area contributed by atoms with Crippen LogP contribution >= 0.6 is 34.4 Å². The molecule has 28 heavy (non-hydrogen) atoms. The van der Waals surface area contributed by atoms with E-state index in [0.29, 0.717) is 22.3 Å². The number of esters is 1. The third-order valence-corrected chi connectivity index (χ3v) is 6.83. The van der Waals surface area contributed by atoms with Crippen molar-refractivity contribution in [1.82, 2.24) is 14.8 Å². The summed E-state index contributed by atoms with van der Waals surface area (Å²) in [5, 5.41) is 16.3. The Morgan fingerprint density at radius 1 is 1.29 bits per heavy atom. The van der Waals surface area contributed by atoms with E-state index < -0.39 is 5.97 Å². The van der Waals surface area contributed by atoms with Crippen LogP contribution in [0.15, 0.2) is 28.0 Å². The molecule has 0 atom stereocenters. The number of nitrogens with zero attached hydrogens (tertiary/aromatic N) is 3. The van der Waals surface area contributed by atoms with Gasteiger partial charge in [-0.2, -0.15) is 0 Å². The number of thioether (sulfide) groups is 1. The number of carbonyl (C=O) groups excluding carboxylic acids is 2. The largest absolute Gasteiger partial charge is 0.465 e. The van der Waals surface area contributed by atoms with Crippen LogP contribution in [0.4, 0.5) is 5.00 Å². The summed E-state index contributed by atoms with van der Waals surface area (Å²) in [7, 11) is 1.31. The van der Waals surface area contributed by atoms with E-state index in [1.165, 1.54) is 35.1 Å². The Hall–Kier alpha value is -2.17. The lowest BCUT2D eigenvalue weighted by Crippen LogP contribution is -2.16. The molecular formula is C18H20N4O3S3. The van der Waals surface area contributed by atoms with Crippen LogP contribution in [0.3, 0.4) is 0 Å². The van der Waals surface area contributed by atoms with E-state index in [4.69, 9.17) is 4.74 Å². The highest BCUT2D eigenvalue weighted by molar-refractivity contribution is 7.99. The van der Waals surface area contributed by atoms with Crippen molar-refractivity contribution >= 4 is 51.3 Å². The highest BCUT2D eigenvalue weighted by Gasteiger charge is 2.18. The van der Waals surface area contributed by atoms with E-state index in [-0.39, 0.29) is 11.7 Å². The minimum atomic E-state index is -0.471. The summed E-state index contributed by atoms with van der Waals surface area (Å²) < 4.78 is 6.73. The second kappa shape index (κ2) is 9.35. The molecule has 0 radical (unpaired) electrons. The van der Waals surface area contributed by atoms with Gasteiger partial charge in [-0.05, 0) is 30.9 Å². The van der Waals surface area contributed by atoms with Crippen LogP contribution in [0, 0.1) is 0 Å². The number of methoxy groups -OCH3 is 1. The number of anilines is 1. The number of nitrogens with one attached hydrogen (secondary N) is 1. The molecule has 0 bridgehead atoms. The number of hydrogen-bond donors (Lipinski definition) is 1. The zero-order chi connectivity index (χ0) is 20.1. The Morgan fingerprint density at radius 3 is 2.79 bits per heavy atom. The predicted octanol–water partition coefficient (Wildman–Crippen LogP) is 4.17. The molecule has 3 heterocycles. The molecule has 10 heteroatoms. The molecule has 7 nitrogen and oxygen atoms in total. The van der Waals surface area contributed by atoms with Gasteiger partial charge in [-0.25, -0.2) is 4.79 Å². The Morgan fingerprint density at radius 2 is 2.11 bits per heavy atom. The second-order valence-corrected chi connectivity index (χ2v) is 8.55. The van der Waals surface area contributed by atoms with Crippen molar-refractivity contribution < 1.29 is 14.3 Å². The molecule has 0 aliphatic rings. The lowest BCUT2D eigenvalue weighted by Gasteiger charge is -2.07. The Kier molecular flexibility index (Phi) is 6.87. The van der Waals surface area contributed by atoms with Crippen molar-refractivity contribution in [2.24, 2.45) is 0 Å². The van der Waals surface area contributed by atoms with Gasteiger partial charge < -0.3 is 14.6 Å². The van der Waals surface area contributed by atoms with Crippen LogP contribution in [-0.2, 0) is 22.5 Å². The van der Waals surface area contributed by atoms with Crippen LogP contribution in [0.2, 0.25) is 0 Å². The average molecular weight is 437 g/mol. The number of amides is 1. The number of aryl methyl sites for hydroxylation is 1. The van der Waals surface area contributed by atoms with E-state index in [1.54, 1.807) is 22.8 Å². The first kappa shape index (κ1) is 20.6. The fourth-order valence-corrected chi connectivity index (χ4v) is 4.95. The molecule has 0 saturated heterocycles. The van der Waals surface area contributed by atoms with Crippen LogP contribution in [0.25, 0.3) is 11.4 Å². The van der Waals surface area contributed by atoms with Gasteiger partial charge in [-0.1, -0.05) is 18.7 Å². The average Bonchev–Trinajstić information content (AvgIpc) is 3.44. The van der Waals surface area contributed by atoms with Gasteiger partial charge in [0.2, 0.25) is 5.91 Å². The molecule has 1 amide bonds. The van der Waals surface area contributed by atoms with Crippen molar-refractivity contribution in [3.05, 3.63) is 33.3 Å². The number of thiophene rings is 2. The smallest absolute Gasteiger partial charge is 0.340 e. The van der Waals surface area contributed by atoms with E-state index in [2.05, 4.69) is 33.9 Å². The zero-order valence-electron chi connectivity index (χ0n) is 15.7. The third kappa shape index (κ3) is 4.45. The fourth-order valence-electron chi connectivity index (χ4n) is 2.55. The molecule has 0 aliphatic heterocycles. The molecule has 3 aromatic rings. The maximum absolute atomic E-state index is 12.3. The number of ether oxygens (including phenoxy) is 1. The molecule has 0 spiro atoms. The van der Waals surface area contributed by atoms with Gasteiger partial charge in [0, 0.05) is 22.4 Å². The molecule has 0 aromatic carbocycles. The van der Waals surface area contributed by atoms with E-state index in [9.17, 15) is 9.59 Å². The molecule has 1 N–H and O–H groups in total.